The SMILES string of the molecule is COCCC(NC(=O)c1cc(COC)on1)C(=O)O. The lowest BCUT2D eigenvalue weighted by molar-refractivity contribution is -0.139. The minimum absolute atomic E-state index is 0.00992. The summed E-state index contributed by atoms with van der Waals surface area (Å²) in [6.07, 6.45) is 0.167. The van der Waals surface area contributed by atoms with E-state index in [4.69, 9.17) is 19.1 Å². The Morgan fingerprint density at radius 2 is 2.21 bits per heavy atom. The molecular formula is C11H16N2O6. The molecule has 0 aliphatic rings. The minimum Gasteiger partial charge on any atom is -0.480 e. The van der Waals surface area contributed by atoms with Gasteiger partial charge in [0.1, 0.15) is 12.6 Å². The van der Waals surface area contributed by atoms with Gasteiger partial charge in [-0.3, -0.25) is 4.79 Å². The third-order valence-corrected chi connectivity index (χ3v) is 2.29. The topological polar surface area (TPSA) is 111 Å². The highest BCUT2D eigenvalue weighted by Gasteiger charge is 2.22. The Morgan fingerprint density at radius 3 is 2.79 bits per heavy atom. The van der Waals surface area contributed by atoms with Crippen molar-refractivity contribution in [3.05, 3.63) is 17.5 Å². The number of nitrogens with zero attached hydrogens (tertiary/aromatic N) is 1. The molecule has 0 saturated heterocycles. The maximum Gasteiger partial charge on any atom is 0.326 e. The molecule has 1 atom stereocenters. The number of ether oxygens (including phenoxy) is 2. The summed E-state index contributed by atoms with van der Waals surface area (Å²) in [7, 11) is 2.93. The molecule has 8 nitrogen and oxygen atoms in total. The number of nitrogens with one attached hydrogen (secondary N) is 1. The van der Waals surface area contributed by atoms with E-state index in [1.807, 2.05) is 0 Å². The molecule has 8 heteroatoms. The van der Waals surface area contributed by atoms with E-state index >= 15 is 0 Å². The number of rotatable bonds is 8. The van der Waals surface area contributed by atoms with Gasteiger partial charge in [0, 0.05) is 33.3 Å². The summed E-state index contributed by atoms with van der Waals surface area (Å²) >= 11 is 0. The minimum atomic E-state index is -1.13. The number of hydrogen-bond acceptors (Lipinski definition) is 6. The van der Waals surface area contributed by atoms with E-state index in [0.717, 1.165) is 0 Å². The number of carboxylic acid groups (broad SMARTS) is 1. The number of carbonyl (C=O) groups excluding carboxylic acids is 1. The molecule has 0 aliphatic heterocycles. The van der Waals surface area contributed by atoms with Crippen LogP contribution in [0, 0.1) is 0 Å². The van der Waals surface area contributed by atoms with Crippen LogP contribution >= 0.6 is 0 Å². The van der Waals surface area contributed by atoms with Gasteiger partial charge in [-0.15, -0.1) is 0 Å². The monoisotopic (exact) mass is 272 g/mol. The van der Waals surface area contributed by atoms with Crippen molar-refractivity contribution in [2.45, 2.75) is 19.1 Å². The fourth-order valence-electron chi connectivity index (χ4n) is 1.36. The first-order valence-corrected chi connectivity index (χ1v) is 5.55. The highest BCUT2D eigenvalue weighted by atomic mass is 16.5. The molecule has 1 aromatic heterocycles. The lowest BCUT2D eigenvalue weighted by Gasteiger charge is -2.12. The van der Waals surface area contributed by atoms with E-state index < -0.39 is 17.9 Å². The van der Waals surface area contributed by atoms with E-state index in [0.29, 0.717) is 5.76 Å². The predicted octanol–water partition coefficient (Wildman–Crippen LogP) is 0.0405. The van der Waals surface area contributed by atoms with Crippen LogP contribution in [-0.2, 0) is 20.9 Å². The molecule has 19 heavy (non-hydrogen) atoms. The summed E-state index contributed by atoms with van der Waals surface area (Å²) < 4.78 is 14.4. The van der Waals surface area contributed by atoms with Crippen LogP contribution in [0.15, 0.2) is 10.6 Å². The lowest BCUT2D eigenvalue weighted by atomic mass is 10.2. The molecule has 0 radical (unpaired) electrons. The first kappa shape index (κ1) is 15.1. The number of amides is 1. The lowest BCUT2D eigenvalue weighted by Crippen LogP contribution is -2.41. The summed E-state index contributed by atoms with van der Waals surface area (Å²) in [6, 6.07) is 0.365. The summed E-state index contributed by atoms with van der Waals surface area (Å²) in [6.45, 7) is 0.414. The number of aliphatic carboxylic acids is 1. The van der Waals surface area contributed by atoms with Crippen molar-refractivity contribution in [1.82, 2.24) is 10.5 Å². The molecule has 0 fully saturated rings. The van der Waals surface area contributed by atoms with Crippen LogP contribution in [0.3, 0.4) is 0 Å². The van der Waals surface area contributed by atoms with Gasteiger partial charge in [-0.25, -0.2) is 4.79 Å². The zero-order chi connectivity index (χ0) is 14.3. The normalized spacial score (nSPS) is 12.1. The fraction of sp³-hybridized carbons (Fsp3) is 0.545. The molecule has 0 aromatic carbocycles. The predicted molar refractivity (Wildman–Crippen MR) is 62.6 cm³/mol. The maximum atomic E-state index is 11.8. The summed E-state index contributed by atoms with van der Waals surface area (Å²) in [5.41, 5.74) is 0.00992. The molecule has 1 rings (SSSR count). The van der Waals surface area contributed by atoms with Crippen molar-refractivity contribution >= 4 is 11.9 Å². The van der Waals surface area contributed by atoms with Crippen LogP contribution < -0.4 is 5.32 Å². The van der Waals surface area contributed by atoms with Gasteiger partial charge >= 0.3 is 5.97 Å². The van der Waals surface area contributed by atoms with Gasteiger partial charge in [-0.1, -0.05) is 5.16 Å². The smallest absolute Gasteiger partial charge is 0.326 e. The van der Waals surface area contributed by atoms with Crippen LogP contribution in [-0.4, -0.2) is 49.0 Å². The molecule has 2 N–H and O–H groups in total. The average molecular weight is 272 g/mol. The first-order valence-electron chi connectivity index (χ1n) is 5.55. The Bertz CT molecular complexity index is 431. The molecule has 1 unspecified atom stereocenters. The second kappa shape index (κ2) is 7.49. The van der Waals surface area contributed by atoms with Gasteiger partial charge in [0.05, 0.1) is 0 Å². The number of carbonyl (C=O) groups is 2. The van der Waals surface area contributed by atoms with Crippen molar-refractivity contribution in [1.29, 1.82) is 0 Å². The van der Waals surface area contributed by atoms with Crippen molar-refractivity contribution < 1.29 is 28.7 Å². The van der Waals surface area contributed by atoms with Crippen molar-refractivity contribution in [3.63, 3.8) is 0 Å². The summed E-state index contributed by atoms with van der Waals surface area (Å²) in [4.78, 5) is 22.7. The average Bonchev–Trinajstić information content (AvgIpc) is 2.83. The van der Waals surface area contributed by atoms with E-state index in [9.17, 15) is 9.59 Å². The zero-order valence-electron chi connectivity index (χ0n) is 10.7. The van der Waals surface area contributed by atoms with Crippen molar-refractivity contribution in [3.8, 4) is 0 Å². The van der Waals surface area contributed by atoms with Crippen LogP contribution in [0.25, 0.3) is 0 Å². The molecule has 1 amide bonds. The maximum absolute atomic E-state index is 11.8. The second-order valence-corrected chi connectivity index (χ2v) is 3.76. The van der Waals surface area contributed by atoms with Gasteiger partial charge in [-0.05, 0) is 0 Å². The summed E-state index contributed by atoms with van der Waals surface area (Å²) in [5, 5.41) is 14.8. The number of aromatic nitrogens is 1. The molecule has 0 bridgehead atoms. The molecular weight excluding hydrogens is 256 g/mol. The molecule has 1 heterocycles. The Balaban J connectivity index is 2.62. The van der Waals surface area contributed by atoms with Gasteiger partial charge in [0.2, 0.25) is 0 Å². The highest BCUT2D eigenvalue weighted by Crippen LogP contribution is 2.05. The van der Waals surface area contributed by atoms with Crippen LogP contribution in [0.2, 0.25) is 0 Å². The van der Waals surface area contributed by atoms with Gasteiger partial charge in [0.15, 0.2) is 11.5 Å². The zero-order valence-corrected chi connectivity index (χ0v) is 10.7. The summed E-state index contributed by atoms with van der Waals surface area (Å²) in [5.74, 6) is -1.36. The third-order valence-electron chi connectivity index (χ3n) is 2.29. The second-order valence-electron chi connectivity index (χ2n) is 3.76. The molecule has 0 spiro atoms. The van der Waals surface area contributed by atoms with Crippen molar-refractivity contribution in [2.24, 2.45) is 0 Å². The molecule has 0 aliphatic carbocycles. The Kier molecular flexibility index (Phi) is 5.97. The third kappa shape index (κ3) is 4.68. The highest BCUT2D eigenvalue weighted by molar-refractivity contribution is 5.94. The van der Waals surface area contributed by atoms with Crippen LogP contribution in [0.4, 0.5) is 0 Å². The Hall–Kier alpha value is -1.93. The molecule has 1 aromatic rings. The number of carboxylic acids is 1. The van der Waals surface area contributed by atoms with Crippen LogP contribution in [0.1, 0.15) is 22.7 Å². The number of hydrogen-bond donors (Lipinski definition) is 2. The van der Waals surface area contributed by atoms with Gasteiger partial charge in [-0.2, -0.15) is 0 Å². The Labute approximate surface area is 109 Å². The largest absolute Gasteiger partial charge is 0.480 e. The van der Waals surface area contributed by atoms with E-state index in [1.165, 1.54) is 20.3 Å². The van der Waals surface area contributed by atoms with E-state index in [1.54, 1.807) is 0 Å². The van der Waals surface area contributed by atoms with Gasteiger partial charge < -0.3 is 24.4 Å². The Morgan fingerprint density at radius 1 is 1.47 bits per heavy atom. The van der Waals surface area contributed by atoms with Gasteiger partial charge in [0.25, 0.3) is 5.91 Å². The molecule has 106 valence electrons. The number of methoxy groups -OCH3 is 2. The van der Waals surface area contributed by atoms with Crippen molar-refractivity contribution in [2.75, 3.05) is 20.8 Å². The van der Waals surface area contributed by atoms with E-state index in [2.05, 4.69) is 10.5 Å². The van der Waals surface area contributed by atoms with Crippen LogP contribution in [0.5, 0.6) is 0 Å². The van der Waals surface area contributed by atoms with E-state index in [-0.39, 0.29) is 25.3 Å². The quantitative estimate of drug-likeness (QED) is 0.687. The first-order chi connectivity index (χ1) is 9.08. The standard InChI is InChI=1S/C11H16N2O6/c1-17-4-3-8(11(15)16)12-10(14)9-5-7(6-18-2)19-13-9/h5,8H,3-4,6H2,1-2H3,(H,12,14)(H,15,16). The fourth-order valence-corrected chi connectivity index (χ4v) is 1.36. The molecule has 0 saturated carbocycles.